The van der Waals surface area contributed by atoms with Crippen molar-refractivity contribution in [1.29, 1.82) is 0 Å². The molecule has 0 aromatic heterocycles. The maximum atomic E-state index is 11.7. The third-order valence-electron chi connectivity index (χ3n) is 4.63. The van der Waals surface area contributed by atoms with Gasteiger partial charge in [-0.15, -0.1) is 0 Å². The zero-order chi connectivity index (χ0) is 20.0. The third-order valence-corrected chi connectivity index (χ3v) is 4.63. The number of carbonyl (C=O) groups excluding carboxylic acids is 2. The lowest BCUT2D eigenvalue weighted by Crippen LogP contribution is -2.04. The van der Waals surface area contributed by atoms with Crippen molar-refractivity contribution in [3.8, 4) is 11.5 Å². The zero-order valence-electron chi connectivity index (χ0n) is 14.0. The number of carbonyl (C=O) groups is 4. The van der Waals surface area contributed by atoms with Crippen LogP contribution in [0.5, 0.6) is 11.5 Å². The highest BCUT2D eigenvalue weighted by Crippen LogP contribution is 2.44. The average Bonchev–Trinajstić information content (AvgIpc) is 2.67. The van der Waals surface area contributed by atoms with Gasteiger partial charge in [-0.2, -0.15) is 0 Å². The highest BCUT2D eigenvalue weighted by molar-refractivity contribution is 6.30. The fourth-order valence-corrected chi connectivity index (χ4v) is 3.58. The number of carboxylic acids is 2. The van der Waals surface area contributed by atoms with E-state index >= 15 is 0 Å². The average molecular weight is 378 g/mol. The Morgan fingerprint density at radius 2 is 1.04 bits per heavy atom. The predicted octanol–water partition coefficient (Wildman–Crippen LogP) is 3.05. The summed E-state index contributed by atoms with van der Waals surface area (Å²) in [7, 11) is 0. The molecule has 0 aliphatic carbocycles. The van der Waals surface area contributed by atoms with Crippen LogP contribution in [-0.4, -0.2) is 35.1 Å². The Balaban J connectivity index is 2.32. The molecule has 0 amide bonds. The first-order valence-corrected chi connectivity index (χ1v) is 7.93. The van der Waals surface area contributed by atoms with Crippen LogP contribution in [0.15, 0.2) is 36.4 Å². The fourth-order valence-electron chi connectivity index (χ4n) is 3.58. The second-order valence-electron chi connectivity index (χ2n) is 5.95. The number of carboxylic acid groups (broad SMARTS) is 2. The fraction of sp³-hybridized carbons (Fsp3) is 0. The SMILES string of the molecule is O=COc1cc(C(=O)O)c2ccc3c(C(=O)O)cc(OC=O)c4ccc1c2c43. The normalized spacial score (nSPS) is 11.0. The van der Waals surface area contributed by atoms with Crippen molar-refractivity contribution in [2.45, 2.75) is 0 Å². The third kappa shape index (κ3) is 2.32. The van der Waals surface area contributed by atoms with Crippen LogP contribution in [0.3, 0.4) is 0 Å². The summed E-state index contributed by atoms with van der Waals surface area (Å²) in [6.45, 7) is 0.364. The molecule has 4 aromatic carbocycles. The summed E-state index contributed by atoms with van der Waals surface area (Å²) < 4.78 is 9.92. The molecule has 4 aromatic rings. The number of hydrogen-bond acceptors (Lipinski definition) is 6. The molecule has 0 bridgehead atoms. The lowest BCUT2D eigenvalue weighted by molar-refractivity contribution is -0.121. The number of aromatic carboxylic acids is 2. The maximum absolute atomic E-state index is 11.7. The van der Waals surface area contributed by atoms with E-state index in [0.29, 0.717) is 32.3 Å². The Labute approximate surface area is 155 Å². The lowest BCUT2D eigenvalue weighted by atomic mass is 9.89. The molecule has 0 heterocycles. The van der Waals surface area contributed by atoms with Crippen LogP contribution < -0.4 is 9.47 Å². The minimum absolute atomic E-state index is 0.0212. The molecule has 8 heteroatoms. The molecular formula is C20H10O8. The summed E-state index contributed by atoms with van der Waals surface area (Å²) >= 11 is 0. The Kier molecular flexibility index (Phi) is 3.82. The smallest absolute Gasteiger partial charge is 0.336 e. The first-order valence-electron chi connectivity index (χ1n) is 7.93. The Morgan fingerprint density at radius 1 is 0.679 bits per heavy atom. The van der Waals surface area contributed by atoms with Gasteiger partial charge in [0.25, 0.3) is 12.9 Å². The number of ether oxygens (including phenoxy) is 2. The summed E-state index contributed by atoms with van der Waals surface area (Å²) in [5, 5.41) is 21.5. The molecule has 0 saturated carbocycles. The van der Waals surface area contributed by atoms with Crippen molar-refractivity contribution in [2.24, 2.45) is 0 Å². The van der Waals surface area contributed by atoms with Crippen LogP contribution >= 0.6 is 0 Å². The summed E-state index contributed by atoms with van der Waals surface area (Å²) in [5.41, 5.74) is -0.227. The molecular weight excluding hydrogens is 368 g/mol. The molecule has 4 rings (SSSR count). The van der Waals surface area contributed by atoms with E-state index in [1.807, 2.05) is 0 Å². The van der Waals surface area contributed by atoms with E-state index in [2.05, 4.69) is 0 Å². The lowest BCUT2D eigenvalue weighted by Gasteiger charge is -2.17. The van der Waals surface area contributed by atoms with Gasteiger partial charge < -0.3 is 19.7 Å². The maximum Gasteiger partial charge on any atom is 0.336 e. The first kappa shape index (κ1) is 17.2. The van der Waals surface area contributed by atoms with Crippen LogP contribution in [0.4, 0.5) is 0 Å². The van der Waals surface area contributed by atoms with Crippen LogP contribution in [0.25, 0.3) is 32.3 Å². The van der Waals surface area contributed by atoms with Crippen molar-refractivity contribution in [3.63, 3.8) is 0 Å². The van der Waals surface area contributed by atoms with Crippen molar-refractivity contribution in [3.05, 3.63) is 47.5 Å². The molecule has 0 spiro atoms. The molecule has 0 unspecified atom stereocenters. The van der Waals surface area contributed by atoms with Crippen LogP contribution in [0.2, 0.25) is 0 Å². The van der Waals surface area contributed by atoms with E-state index in [4.69, 9.17) is 9.47 Å². The molecule has 28 heavy (non-hydrogen) atoms. The van der Waals surface area contributed by atoms with Crippen molar-refractivity contribution < 1.29 is 38.9 Å². The van der Waals surface area contributed by atoms with Crippen molar-refractivity contribution in [1.82, 2.24) is 0 Å². The Bertz CT molecular complexity index is 1200. The van der Waals surface area contributed by atoms with E-state index in [0.717, 1.165) is 0 Å². The molecule has 0 atom stereocenters. The van der Waals surface area contributed by atoms with Crippen LogP contribution in [0.1, 0.15) is 20.7 Å². The molecule has 2 N–H and O–H groups in total. The molecule has 0 fully saturated rings. The van der Waals surface area contributed by atoms with Crippen molar-refractivity contribution in [2.75, 3.05) is 0 Å². The van der Waals surface area contributed by atoms with E-state index in [1.54, 1.807) is 12.1 Å². The largest absolute Gasteiger partial charge is 0.478 e. The van der Waals surface area contributed by atoms with E-state index in [9.17, 15) is 29.4 Å². The highest BCUT2D eigenvalue weighted by atomic mass is 16.5. The van der Waals surface area contributed by atoms with Gasteiger partial charge in [-0.05, 0) is 35.0 Å². The van der Waals surface area contributed by atoms with Crippen molar-refractivity contribution >= 4 is 57.2 Å². The molecule has 0 aliphatic heterocycles. The minimum Gasteiger partial charge on any atom is -0.478 e. The van der Waals surface area contributed by atoms with E-state index in [-0.39, 0.29) is 35.6 Å². The van der Waals surface area contributed by atoms with Gasteiger partial charge in [0, 0.05) is 21.5 Å². The second kappa shape index (κ2) is 6.20. The first-order chi connectivity index (χ1) is 13.5. The van der Waals surface area contributed by atoms with Crippen LogP contribution in [-0.2, 0) is 9.59 Å². The minimum atomic E-state index is -1.24. The zero-order valence-corrected chi connectivity index (χ0v) is 14.0. The predicted molar refractivity (Wildman–Crippen MR) is 97.4 cm³/mol. The van der Waals surface area contributed by atoms with E-state index < -0.39 is 11.9 Å². The molecule has 8 nitrogen and oxygen atoms in total. The molecule has 0 radical (unpaired) electrons. The summed E-state index contributed by atoms with van der Waals surface area (Å²) in [6.07, 6.45) is 0. The second-order valence-corrected chi connectivity index (χ2v) is 5.95. The molecule has 0 saturated heterocycles. The standard InChI is InChI=1S/C20H10O8/c21-7-27-15-5-13(19(23)24)9-1-2-10-14(20(25)26)6-16(28-8-22)12-4-3-11(15)17(9)18(10)12/h1-8H,(H,23,24)(H,25,26). The van der Waals surface area contributed by atoms with Gasteiger partial charge in [0.05, 0.1) is 11.1 Å². The Hall–Kier alpha value is -4.20. The Morgan fingerprint density at radius 3 is 1.36 bits per heavy atom. The van der Waals surface area contributed by atoms with Gasteiger partial charge >= 0.3 is 11.9 Å². The topological polar surface area (TPSA) is 127 Å². The number of benzene rings is 4. The summed E-state index contributed by atoms with van der Waals surface area (Å²) in [6, 6.07) is 8.66. The van der Waals surface area contributed by atoms with E-state index in [1.165, 1.54) is 24.3 Å². The summed E-state index contributed by atoms with van der Waals surface area (Å²) in [4.78, 5) is 45.3. The van der Waals surface area contributed by atoms with Gasteiger partial charge in [-0.1, -0.05) is 12.1 Å². The quantitative estimate of drug-likeness (QED) is 0.387. The number of rotatable bonds is 6. The summed E-state index contributed by atoms with van der Waals surface area (Å²) in [5.74, 6) is -2.44. The van der Waals surface area contributed by atoms with Crippen LogP contribution in [0, 0.1) is 0 Å². The highest BCUT2D eigenvalue weighted by Gasteiger charge is 2.23. The van der Waals surface area contributed by atoms with Gasteiger partial charge in [-0.25, -0.2) is 9.59 Å². The van der Waals surface area contributed by atoms with Gasteiger partial charge in [0.2, 0.25) is 0 Å². The monoisotopic (exact) mass is 378 g/mol. The molecule has 138 valence electrons. The van der Waals surface area contributed by atoms with Gasteiger partial charge in [-0.3, -0.25) is 9.59 Å². The van der Waals surface area contributed by atoms with Gasteiger partial charge in [0.15, 0.2) is 0 Å². The molecule has 0 aliphatic rings. The van der Waals surface area contributed by atoms with Gasteiger partial charge in [0.1, 0.15) is 11.5 Å². The number of hydrogen-bond donors (Lipinski definition) is 2.